The number of benzene rings is 4. The molecule has 7 heteroatoms. The van der Waals surface area contributed by atoms with Crippen molar-refractivity contribution in [3.8, 4) is 0 Å². The number of hydrogen-bond donors (Lipinski definition) is 1. The zero-order valence-electron chi connectivity index (χ0n) is 21.0. The first-order valence-corrected chi connectivity index (χ1v) is 14.9. The van der Waals surface area contributed by atoms with Crippen LogP contribution in [0, 0.1) is 0 Å². The van der Waals surface area contributed by atoms with Crippen LogP contribution in [0.2, 0.25) is 0 Å². The molecule has 0 bridgehead atoms. The van der Waals surface area contributed by atoms with Gasteiger partial charge in [-0.3, -0.25) is 4.57 Å². The Labute approximate surface area is 229 Å². The third-order valence-electron chi connectivity index (χ3n) is 6.37. The number of nitrogens with one attached hydrogen (secondary N) is 1. The molecule has 1 heterocycles. The normalized spacial score (nSPS) is 16.9. The molecule has 192 valence electrons. The molecule has 1 atom stereocenters. The maximum atomic E-state index is 15.6. The second-order valence-electron chi connectivity index (χ2n) is 8.86. The van der Waals surface area contributed by atoms with E-state index in [2.05, 4.69) is 5.32 Å². The lowest BCUT2D eigenvalue weighted by Crippen LogP contribution is -2.33. The van der Waals surface area contributed by atoms with Gasteiger partial charge in [0.1, 0.15) is 0 Å². The molecule has 0 fully saturated rings. The summed E-state index contributed by atoms with van der Waals surface area (Å²) in [6, 6.07) is 39.7. The van der Waals surface area contributed by atoms with E-state index in [9.17, 15) is 0 Å². The molecule has 0 saturated carbocycles. The minimum atomic E-state index is -3.40. The molecular formula is C31H30ClN4OP. The fraction of sp³-hybridized carbons (Fsp3) is 0.129. The van der Waals surface area contributed by atoms with Gasteiger partial charge < -0.3 is 9.99 Å². The van der Waals surface area contributed by atoms with Gasteiger partial charge in [0.2, 0.25) is 7.29 Å². The van der Waals surface area contributed by atoms with Gasteiger partial charge in [-0.2, -0.15) is 5.10 Å². The van der Waals surface area contributed by atoms with Crippen LogP contribution in [-0.4, -0.2) is 24.4 Å². The molecule has 5 rings (SSSR count). The molecule has 1 aliphatic heterocycles. The third-order valence-corrected chi connectivity index (χ3v) is 9.71. The van der Waals surface area contributed by atoms with Crippen LogP contribution in [-0.2, 0) is 4.57 Å². The van der Waals surface area contributed by atoms with E-state index in [4.69, 9.17) is 16.7 Å². The highest BCUT2D eigenvalue weighted by molar-refractivity contribution is 7.86. The van der Waals surface area contributed by atoms with Crippen LogP contribution in [0.3, 0.4) is 0 Å². The van der Waals surface area contributed by atoms with Gasteiger partial charge in [0.15, 0.2) is 5.45 Å². The predicted octanol–water partition coefficient (Wildman–Crippen LogP) is 8.24. The fourth-order valence-corrected chi connectivity index (χ4v) is 7.94. The minimum Gasteiger partial charge on any atom is -0.383 e. The van der Waals surface area contributed by atoms with Gasteiger partial charge in [-0.25, -0.2) is 5.01 Å². The number of alkyl halides is 1. The number of nitrogens with zero attached hydrogens (tertiary/aromatic N) is 3. The summed E-state index contributed by atoms with van der Waals surface area (Å²) in [4.78, 5) is 0. The molecule has 0 unspecified atom stereocenters. The zero-order valence-corrected chi connectivity index (χ0v) is 22.7. The van der Waals surface area contributed by atoms with Crippen LogP contribution in [0.25, 0.3) is 0 Å². The van der Waals surface area contributed by atoms with Crippen molar-refractivity contribution in [3.63, 3.8) is 0 Å². The van der Waals surface area contributed by atoms with E-state index in [1.165, 1.54) is 0 Å². The van der Waals surface area contributed by atoms with Gasteiger partial charge in [0.25, 0.3) is 0 Å². The second kappa shape index (κ2) is 12.2. The lowest BCUT2D eigenvalue weighted by atomic mass is 10.2. The van der Waals surface area contributed by atoms with E-state index >= 15 is 4.57 Å². The summed E-state index contributed by atoms with van der Waals surface area (Å²) in [5.41, 5.74) is 4.17. The maximum Gasteiger partial charge on any atom is 0.247 e. The highest BCUT2D eigenvalue weighted by Crippen LogP contribution is 2.64. The summed E-state index contributed by atoms with van der Waals surface area (Å²) in [5, 5.41) is 11.1. The molecule has 4 aromatic rings. The lowest BCUT2D eigenvalue weighted by Gasteiger charge is -2.39. The third kappa shape index (κ3) is 5.55. The van der Waals surface area contributed by atoms with Crippen molar-refractivity contribution in [2.24, 2.45) is 5.10 Å². The number of para-hydroxylation sites is 3. The smallest absolute Gasteiger partial charge is 0.247 e. The van der Waals surface area contributed by atoms with E-state index in [0.717, 1.165) is 27.9 Å². The van der Waals surface area contributed by atoms with E-state index in [1.807, 2.05) is 137 Å². The van der Waals surface area contributed by atoms with Crippen molar-refractivity contribution < 1.29 is 4.57 Å². The largest absolute Gasteiger partial charge is 0.383 e. The first-order chi connectivity index (χ1) is 18.7. The van der Waals surface area contributed by atoms with Gasteiger partial charge in [0.05, 0.1) is 5.69 Å². The Morgan fingerprint density at radius 3 is 2.00 bits per heavy atom. The van der Waals surface area contributed by atoms with Crippen LogP contribution >= 0.6 is 18.9 Å². The fourth-order valence-electron chi connectivity index (χ4n) is 4.56. The van der Waals surface area contributed by atoms with Crippen LogP contribution in [0.4, 0.5) is 17.1 Å². The number of hydrogen-bond acceptors (Lipinski definition) is 4. The average molecular weight is 541 g/mol. The highest BCUT2D eigenvalue weighted by atomic mass is 35.5. The quantitative estimate of drug-likeness (QED) is 0.162. The zero-order chi connectivity index (χ0) is 26.2. The summed E-state index contributed by atoms with van der Waals surface area (Å²) in [7, 11) is -3.40. The molecule has 4 aromatic carbocycles. The molecule has 0 aromatic heterocycles. The van der Waals surface area contributed by atoms with Crippen molar-refractivity contribution in [1.29, 1.82) is 0 Å². The van der Waals surface area contributed by atoms with Gasteiger partial charge in [-0.15, -0.1) is 11.6 Å². The summed E-state index contributed by atoms with van der Waals surface area (Å²) < 4.78 is 17.6. The van der Waals surface area contributed by atoms with Crippen LogP contribution in [0.15, 0.2) is 138 Å². The van der Waals surface area contributed by atoms with Gasteiger partial charge in [0, 0.05) is 47.4 Å². The van der Waals surface area contributed by atoms with E-state index in [-0.39, 0.29) is 0 Å². The molecule has 0 saturated heterocycles. The summed E-state index contributed by atoms with van der Waals surface area (Å²) >= 11 is 6.33. The van der Waals surface area contributed by atoms with Crippen molar-refractivity contribution in [2.75, 3.05) is 34.0 Å². The van der Waals surface area contributed by atoms with Crippen LogP contribution in [0.1, 0.15) is 12.0 Å². The predicted molar refractivity (Wildman–Crippen MR) is 162 cm³/mol. The first-order valence-electron chi connectivity index (χ1n) is 12.7. The van der Waals surface area contributed by atoms with Crippen LogP contribution < -0.4 is 15.0 Å². The van der Waals surface area contributed by atoms with Crippen molar-refractivity contribution in [2.45, 2.75) is 6.42 Å². The summed E-state index contributed by atoms with van der Waals surface area (Å²) in [6.45, 7) is 1.11. The Kier molecular flexibility index (Phi) is 8.28. The van der Waals surface area contributed by atoms with E-state index in [0.29, 0.717) is 30.8 Å². The Hall–Kier alpha value is -3.79. The minimum absolute atomic E-state index is 0.353. The molecule has 1 N–H and O–H groups in total. The van der Waals surface area contributed by atoms with Crippen molar-refractivity contribution in [1.82, 2.24) is 0 Å². The highest BCUT2D eigenvalue weighted by Gasteiger charge is 2.43. The molecule has 5 nitrogen and oxygen atoms in total. The van der Waals surface area contributed by atoms with Gasteiger partial charge in [-0.05, 0) is 42.8 Å². The number of halogens is 1. The summed E-state index contributed by atoms with van der Waals surface area (Å²) in [6.07, 6.45) is 2.38. The molecular weight excluding hydrogens is 511 g/mol. The average Bonchev–Trinajstić information content (AvgIpc) is 2.98. The maximum absolute atomic E-state index is 15.6. The Morgan fingerprint density at radius 1 is 0.789 bits per heavy atom. The number of hydrazone groups is 1. The topological polar surface area (TPSA) is 47.9 Å². The Morgan fingerprint density at radius 2 is 1.37 bits per heavy atom. The van der Waals surface area contributed by atoms with Crippen molar-refractivity contribution >= 4 is 41.4 Å². The van der Waals surface area contributed by atoms with Crippen molar-refractivity contribution in [3.05, 3.63) is 138 Å². The first kappa shape index (κ1) is 25.8. The van der Waals surface area contributed by atoms with Gasteiger partial charge >= 0.3 is 0 Å². The molecule has 38 heavy (non-hydrogen) atoms. The number of anilines is 3. The van der Waals surface area contributed by atoms with Gasteiger partial charge in [-0.1, -0.05) is 84.9 Å². The standard InChI is InChI=1S/C31H30ClN4OP/c32-22-21-30-25-35(28-17-9-3-10-18-28)34-31(26-13-5-1-6-14-26)38(30,37)36(29-19-11-4-12-20-29)24-23-33-27-15-7-2-8-16-27/h1-20,25,33H,21-24H2/t38-/m0/s1. The number of allylic oxidation sites excluding steroid dienone is 1. The SMILES string of the molecule is O=[P@@]1(N(CCNc2ccccc2)c2ccccc2)C(CCCl)=CN(c2ccccc2)N=C1c1ccccc1. The Balaban J connectivity index is 1.62. The molecule has 1 aliphatic rings. The molecule has 0 amide bonds. The van der Waals surface area contributed by atoms with E-state index < -0.39 is 7.29 Å². The number of rotatable bonds is 10. The monoisotopic (exact) mass is 540 g/mol. The lowest BCUT2D eigenvalue weighted by molar-refractivity contribution is 0.581. The molecule has 0 radical (unpaired) electrons. The molecule has 0 spiro atoms. The second-order valence-corrected chi connectivity index (χ2v) is 11.9. The summed E-state index contributed by atoms with van der Waals surface area (Å²) in [5.74, 6) is 0.353. The van der Waals surface area contributed by atoms with Crippen LogP contribution in [0.5, 0.6) is 0 Å². The Bertz CT molecular complexity index is 1430. The molecule has 0 aliphatic carbocycles. The van der Waals surface area contributed by atoms with E-state index in [1.54, 1.807) is 0 Å².